The molecule has 2 aliphatic heterocycles. The molecule has 6 heteroatoms. The lowest BCUT2D eigenvalue weighted by Gasteiger charge is -2.40. The highest BCUT2D eigenvalue weighted by Crippen LogP contribution is 2.61. The van der Waals surface area contributed by atoms with E-state index in [2.05, 4.69) is 24.5 Å². The van der Waals surface area contributed by atoms with Crippen molar-refractivity contribution in [2.24, 2.45) is 53.3 Å². The molecule has 2 N–H and O–H groups in total. The number of amides is 2. The Kier molecular flexibility index (Phi) is 7.37. The maximum atomic E-state index is 13.1. The van der Waals surface area contributed by atoms with Crippen LogP contribution in [-0.4, -0.2) is 36.0 Å². The van der Waals surface area contributed by atoms with Gasteiger partial charge in [-0.15, -0.1) is 0 Å². The summed E-state index contributed by atoms with van der Waals surface area (Å²) < 4.78 is 0. The SMILES string of the molecule is CC[C@H]1[C@@H]2CC[C@H]3[C@H](C[C@H]4CCC(=O)C5C(=O)N[C@H](CCCNC(=O)CCC[C@@H]43)C5=O)[C@H]2C[C@H]1C. The Labute approximate surface area is 210 Å². The summed E-state index contributed by atoms with van der Waals surface area (Å²) in [4.78, 5) is 50.9. The topological polar surface area (TPSA) is 92.3 Å². The molecule has 1 unspecified atom stereocenters. The molecule has 35 heavy (non-hydrogen) atoms. The lowest BCUT2D eigenvalue weighted by Crippen LogP contribution is -2.33. The minimum absolute atomic E-state index is 0.0946. The van der Waals surface area contributed by atoms with Crippen LogP contribution in [0.25, 0.3) is 0 Å². The van der Waals surface area contributed by atoms with Crippen LogP contribution < -0.4 is 10.6 Å². The summed E-state index contributed by atoms with van der Waals surface area (Å²) in [5.41, 5.74) is 0. The monoisotopic (exact) mass is 484 g/mol. The highest BCUT2D eigenvalue weighted by atomic mass is 16.2. The van der Waals surface area contributed by atoms with Crippen LogP contribution in [0.3, 0.4) is 0 Å². The molecule has 3 aliphatic carbocycles. The number of ketones is 2. The quantitative estimate of drug-likeness (QED) is 0.549. The first-order chi connectivity index (χ1) is 16.9. The Morgan fingerprint density at radius 1 is 0.800 bits per heavy atom. The van der Waals surface area contributed by atoms with E-state index in [0.29, 0.717) is 50.0 Å². The zero-order valence-electron chi connectivity index (χ0n) is 21.6. The molecule has 5 fully saturated rings. The van der Waals surface area contributed by atoms with Crippen LogP contribution >= 0.6 is 0 Å². The summed E-state index contributed by atoms with van der Waals surface area (Å²) in [6, 6.07) is -0.587. The molecule has 2 amide bonds. The number of hydrogen-bond donors (Lipinski definition) is 2. The Hall–Kier alpha value is -1.72. The van der Waals surface area contributed by atoms with Crippen molar-refractivity contribution < 1.29 is 19.2 Å². The van der Waals surface area contributed by atoms with Crippen molar-refractivity contribution in [1.82, 2.24) is 10.6 Å². The zero-order valence-corrected chi connectivity index (χ0v) is 21.6. The lowest BCUT2D eigenvalue weighted by molar-refractivity contribution is -0.136. The van der Waals surface area contributed by atoms with E-state index in [1.165, 1.54) is 32.1 Å². The van der Waals surface area contributed by atoms with Gasteiger partial charge in [0.05, 0.1) is 6.04 Å². The minimum Gasteiger partial charge on any atom is -0.356 e. The van der Waals surface area contributed by atoms with E-state index in [1.54, 1.807) is 0 Å². The third kappa shape index (κ3) is 4.71. The van der Waals surface area contributed by atoms with Crippen LogP contribution in [-0.2, 0) is 19.2 Å². The fourth-order valence-corrected chi connectivity index (χ4v) is 9.37. The number of carbonyl (C=O) groups excluding carboxylic acids is 4. The van der Waals surface area contributed by atoms with Gasteiger partial charge in [0.2, 0.25) is 11.8 Å². The first-order valence-electron chi connectivity index (χ1n) is 14.5. The Bertz CT molecular complexity index is 856. The molecule has 3 saturated carbocycles. The second-order valence-electron chi connectivity index (χ2n) is 12.5. The van der Waals surface area contributed by atoms with E-state index in [0.717, 1.165) is 48.9 Å². The van der Waals surface area contributed by atoms with Gasteiger partial charge in [0.25, 0.3) is 0 Å². The Morgan fingerprint density at radius 3 is 2.37 bits per heavy atom. The standard InChI is InChI=1S/C29H44N2O4/c1-3-18-16(2)14-22-20(18)10-11-21-19-6-4-8-26(33)30-13-5-7-24-28(34)27(29(35)31-24)25(32)12-9-17(19)15-23(21)22/h16-24,27H,3-15H2,1-2H3,(H,30,33)(H,31,35)/t16-,17-,18-,19+,20+,21-,22+,23+,24-,27?/m1/s1. The molecule has 0 aromatic rings. The molecule has 5 aliphatic rings. The van der Waals surface area contributed by atoms with Crippen LogP contribution in [0.2, 0.25) is 0 Å². The number of Topliss-reactive ketones (excluding diaryl/α,β-unsaturated/α-hetero) is 2. The number of carbonyl (C=O) groups is 4. The molecule has 2 heterocycles. The van der Waals surface area contributed by atoms with E-state index >= 15 is 0 Å². The Balaban J connectivity index is 1.33. The summed E-state index contributed by atoms with van der Waals surface area (Å²) >= 11 is 0. The van der Waals surface area contributed by atoms with Crippen molar-refractivity contribution in [2.45, 2.75) is 96.9 Å². The molecule has 10 atom stereocenters. The molecule has 0 aromatic carbocycles. The van der Waals surface area contributed by atoms with Crippen molar-refractivity contribution in [3.63, 3.8) is 0 Å². The van der Waals surface area contributed by atoms with Gasteiger partial charge in [0, 0.05) is 19.4 Å². The molecule has 0 spiro atoms. The molecule has 0 aromatic heterocycles. The smallest absolute Gasteiger partial charge is 0.238 e. The number of nitrogens with one attached hydrogen (secondary N) is 2. The second-order valence-corrected chi connectivity index (χ2v) is 12.5. The predicted molar refractivity (Wildman–Crippen MR) is 133 cm³/mol. The third-order valence-corrected chi connectivity index (χ3v) is 10.8. The average molecular weight is 485 g/mol. The van der Waals surface area contributed by atoms with E-state index in [4.69, 9.17) is 0 Å². The van der Waals surface area contributed by atoms with E-state index in [-0.39, 0.29) is 17.5 Å². The number of hydrogen-bond acceptors (Lipinski definition) is 4. The van der Waals surface area contributed by atoms with Gasteiger partial charge >= 0.3 is 0 Å². The summed E-state index contributed by atoms with van der Waals surface area (Å²) in [6.45, 7) is 5.31. The highest BCUT2D eigenvalue weighted by molar-refractivity contribution is 6.24. The van der Waals surface area contributed by atoms with Gasteiger partial charge in [0.15, 0.2) is 17.5 Å². The number of fused-ring (bicyclic) bond motifs is 7. The lowest BCUT2D eigenvalue weighted by atomic mass is 9.65. The highest BCUT2D eigenvalue weighted by Gasteiger charge is 2.54. The van der Waals surface area contributed by atoms with E-state index < -0.39 is 17.9 Å². The van der Waals surface area contributed by atoms with Crippen molar-refractivity contribution >= 4 is 23.4 Å². The van der Waals surface area contributed by atoms with Gasteiger partial charge in [-0.3, -0.25) is 19.2 Å². The second kappa shape index (κ2) is 10.3. The van der Waals surface area contributed by atoms with E-state index in [1.807, 2.05) is 0 Å². The van der Waals surface area contributed by atoms with Crippen molar-refractivity contribution in [1.29, 1.82) is 0 Å². The fraction of sp³-hybridized carbons (Fsp3) is 0.862. The third-order valence-electron chi connectivity index (χ3n) is 10.8. The van der Waals surface area contributed by atoms with E-state index in [9.17, 15) is 19.2 Å². The molecular formula is C29H44N2O4. The summed E-state index contributed by atoms with van der Waals surface area (Å²) in [5, 5.41) is 5.73. The first kappa shape index (κ1) is 25.0. The van der Waals surface area contributed by atoms with Crippen molar-refractivity contribution in [2.75, 3.05) is 6.54 Å². The maximum Gasteiger partial charge on any atom is 0.238 e. The van der Waals surface area contributed by atoms with Crippen molar-refractivity contribution in [3.8, 4) is 0 Å². The molecule has 0 radical (unpaired) electrons. The Morgan fingerprint density at radius 2 is 1.57 bits per heavy atom. The summed E-state index contributed by atoms with van der Waals surface area (Å²) in [5.74, 6) is 3.96. The normalized spacial score (nSPS) is 44.9. The number of rotatable bonds is 1. The van der Waals surface area contributed by atoms with Gasteiger partial charge in [-0.05, 0) is 105 Å². The maximum absolute atomic E-state index is 13.1. The minimum atomic E-state index is -1.12. The van der Waals surface area contributed by atoms with Gasteiger partial charge in [-0.25, -0.2) is 0 Å². The van der Waals surface area contributed by atoms with Gasteiger partial charge < -0.3 is 10.6 Å². The van der Waals surface area contributed by atoms with Crippen LogP contribution in [0.15, 0.2) is 0 Å². The summed E-state index contributed by atoms with van der Waals surface area (Å²) in [6.07, 6.45) is 11.2. The molecule has 2 bridgehead atoms. The molecule has 194 valence electrons. The molecule has 2 saturated heterocycles. The van der Waals surface area contributed by atoms with Crippen LogP contribution in [0.5, 0.6) is 0 Å². The molecule has 5 rings (SSSR count). The van der Waals surface area contributed by atoms with Gasteiger partial charge in [-0.2, -0.15) is 0 Å². The van der Waals surface area contributed by atoms with Crippen LogP contribution in [0.1, 0.15) is 90.9 Å². The van der Waals surface area contributed by atoms with Gasteiger partial charge in [0.1, 0.15) is 0 Å². The average Bonchev–Trinajstić information content (AvgIpc) is 3.44. The fourth-order valence-electron chi connectivity index (χ4n) is 9.37. The largest absolute Gasteiger partial charge is 0.356 e. The first-order valence-corrected chi connectivity index (χ1v) is 14.5. The molecule has 6 nitrogen and oxygen atoms in total. The summed E-state index contributed by atoms with van der Waals surface area (Å²) in [7, 11) is 0. The van der Waals surface area contributed by atoms with Gasteiger partial charge in [-0.1, -0.05) is 20.3 Å². The van der Waals surface area contributed by atoms with Crippen LogP contribution in [0.4, 0.5) is 0 Å². The van der Waals surface area contributed by atoms with Crippen LogP contribution in [0, 0.1) is 53.3 Å². The predicted octanol–water partition coefficient (Wildman–Crippen LogP) is 4.06. The zero-order chi connectivity index (χ0) is 24.7. The van der Waals surface area contributed by atoms with Crippen molar-refractivity contribution in [3.05, 3.63) is 0 Å². The molecular weight excluding hydrogens is 440 g/mol.